The topological polar surface area (TPSA) is 54.7 Å². The van der Waals surface area contributed by atoms with Gasteiger partial charge < -0.3 is 5.73 Å². The molecule has 0 saturated heterocycles. The molecule has 1 heterocycles. The maximum Gasteiger partial charge on any atom is 0.0736 e. The molecule has 0 aromatic carbocycles. The summed E-state index contributed by atoms with van der Waals surface area (Å²) in [5, 5.41) is 7.73. The SMILES string of the molecule is CC1(C)CC1(CN)c1n[nH]c2c1CCC2. The molecule has 1 aromatic heterocycles. The Morgan fingerprint density at radius 2 is 2.13 bits per heavy atom. The molecule has 2 aliphatic carbocycles. The molecule has 15 heavy (non-hydrogen) atoms. The number of aromatic amines is 1. The van der Waals surface area contributed by atoms with Crippen LogP contribution in [0.2, 0.25) is 0 Å². The van der Waals surface area contributed by atoms with Crippen molar-refractivity contribution >= 4 is 0 Å². The lowest BCUT2D eigenvalue weighted by Gasteiger charge is -2.17. The van der Waals surface area contributed by atoms with Crippen LogP contribution in [-0.4, -0.2) is 16.7 Å². The third-order valence-electron chi connectivity index (χ3n) is 4.52. The van der Waals surface area contributed by atoms with E-state index >= 15 is 0 Å². The Morgan fingerprint density at radius 1 is 1.40 bits per heavy atom. The summed E-state index contributed by atoms with van der Waals surface area (Å²) in [7, 11) is 0. The van der Waals surface area contributed by atoms with Gasteiger partial charge in [-0.2, -0.15) is 5.10 Å². The highest BCUT2D eigenvalue weighted by molar-refractivity contribution is 5.42. The zero-order chi connectivity index (χ0) is 10.7. The standard InChI is InChI=1S/C12H19N3/c1-11(2)6-12(11,7-13)10-8-4-3-5-9(8)14-15-10/h3-7,13H2,1-2H3,(H,14,15). The van der Waals surface area contributed by atoms with E-state index < -0.39 is 0 Å². The van der Waals surface area contributed by atoms with E-state index in [-0.39, 0.29) is 5.41 Å². The lowest BCUT2D eigenvalue weighted by Crippen LogP contribution is -2.26. The number of hydrogen-bond acceptors (Lipinski definition) is 2. The number of nitrogens with zero attached hydrogens (tertiary/aromatic N) is 1. The molecule has 1 unspecified atom stereocenters. The van der Waals surface area contributed by atoms with Crippen molar-refractivity contribution in [3.63, 3.8) is 0 Å². The van der Waals surface area contributed by atoms with Gasteiger partial charge in [0.25, 0.3) is 0 Å². The molecule has 0 aliphatic heterocycles. The number of aryl methyl sites for hydroxylation is 1. The summed E-state index contributed by atoms with van der Waals surface area (Å²) in [6.45, 7) is 5.34. The van der Waals surface area contributed by atoms with E-state index in [4.69, 9.17) is 5.73 Å². The fourth-order valence-electron chi connectivity index (χ4n) is 3.27. The maximum atomic E-state index is 5.98. The molecule has 0 spiro atoms. The van der Waals surface area contributed by atoms with Gasteiger partial charge in [-0.3, -0.25) is 5.10 Å². The quantitative estimate of drug-likeness (QED) is 0.769. The number of H-pyrrole nitrogens is 1. The van der Waals surface area contributed by atoms with Crippen molar-refractivity contribution < 1.29 is 0 Å². The van der Waals surface area contributed by atoms with Gasteiger partial charge in [-0.1, -0.05) is 13.8 Å². The van der Waals surface area contributed by atoms with Gasteiger partial charge in [0.1, 0.15) is 0 Å². The van der Waals surface area contributed by atoms with E-state index in [0.29, 0.717) is 5.41 Å². The van der Waals surface area contributed by atoms with Crippen LogP contribution in [-0.2, 0) is 18.3 Å². The molecule has 1 fully saturated rings. The minimum absolute atomic E-state index is 0.168. The van der Waals surface area contributed by atoms with Gasteiger partial charge in [-0.05, 0) is 36.7 Å². The van der Waals surface area contributed by atoms with Crippen molar-refractivity contribution in [2.45, 2.75) is 44.9 Å². The van der Waals surface area contributed by atoms with E-state index in [0.717, 1.165) is 6.54 Å². The van der Waals surface area contributed by atoms with Crippen LogP contribution in [0.3, 0.4) is 0 Å². The van der Waals surface area contributed by atoms with E-state index in [2.05, 4.69) is 24.0 Å². The first-order valence-corrected chi connectivity index (χ1v) is 5.87. The molecule has 3 heteroatoms. The van der Waals surface area contributed by atoms with Gasteiger partial charge in [-0.15, -0.1) is 0 Å². The third kappa shape index (κ3) is 1.02. The molecule has 2 aliphatic rings. The molecule has 1 aromatic rings. The molecule has 1 saturated carbocycles. The van der Waals surface area contributed by atoms with Crippen LogP contribution in [0.15, 0.2) is 0 Å². The second-order valence-corrected chi connectivity index (χ2v) is 5.73. The summed E-state index contributed by atoms with van der Waals surface area (Å²) in [4.78, 5) is 0. The van der Waals surface area contributed by atoms with Crippen LogP contribution < -0.4 is 5.73 Å². The number of fused-ring (bicyclic) bond motifs is 1. The Morgan fingerprint density at radius 3 is 2.73 bits per heavy atom. The molecule has 0 amide bonds. The molecule has 3 nitrogen and oxygen atoms in total. The normalized spacial score (nSPS) is 31.7. The Hall–Kier alpha value is -0.830. The molecule has 3 N–H and O–H groups in total. The van der Waals surface area contributed by atoms with Gasteiger partial charge in [-0.25, -0.2) is 0 Å². The summed E-state index contributed by atoms with van der Waals surface area (Å²) < 4.78 is 0. The summed E-state index contributed by atoms with van der Waals surface area (Å²) in [5.41, 5.74) is 10.6. The summed E-state index contributed by atoms with van der Waals surface area (Å²) in [5.74, 6) is 0. The first-order valence-electron chi connectivity index (χ1n) is 5.87. The fourth-order valence-corrected chi connectivity index (χ4v) is 3.27. The van der Waals surface area contributed by atoms with Crippen molar-refractivity contribution in [3.05, 3.63) is 17.0 Å². The Bertz CT molecular complexity index is 405. The number of nitrogens with one attached hydrogen (secondary N) is 1. The predicted molar refractivity (Wildman–Crippen MR) is 59.7 cm³/mol. The van der Waals surface area contributed by atoms with Crippen molar-refractivity contribution in [1.29, 1.82) is 0 Å². The van der Waals surface area contributed by atoms with Gasteiger partial charge in [0.05, 0.1) is 5.69 Å². The maximum absolute atomic E-state index is 5.98. The molecule has 3 rings (SSSR count). The Balaban J connectivity index is 2.07. The van der Waals surface area contributed by atoms with Crippen LogP contribution in [0.1, 0.15) is 43.6 Å². The van der Waals surface area contributed by atoms with Crippen LogP contribution >= 0.6 is 0 Å². The first-order chi connectivity index (χ1) is 7.11. The largest absolute Gasteiger partial charge is 0.330 e. The van der Waals surface area contributed by atoms with Crippen molar-refractivity contribution in [2.75, 3.05) is 6.54 Å². The molecule has 0 radical (unpaired) electrons. The second-order valence-electron chi connectivity index (χ2n) is 5.73. The van der Waals surface area contributed by atoms with Crippen molar-refractivity contribution in [3.8, 4) is 0 Å². The van der Waals surface area contributed by atoms with E-state index in [1.807, 2.05) is 0 Å². The summed E-state index contributed by atoms with van der Waals surface area (Å²) in [6, 6.07) is 0. The van der Waals surface area contributed by atoms with E-state index in [1.165, 1.54) is 42.6 Å². The fraction of sp³-hybridized carbons (Fsp3) is 0.750. The molecule has 1 atom stereocenters. The lowest BCUT2D eigenvalue weighted by atomic mass is 9.89. The highest BCUT2D eigenvalue weighted by Crippen LogP contribution is 2.64. The molecule has 82 valence electrons. The number of rotatable bonds is 2. The van der Waals surface area contributed by atoms with E-state index in [9.17, 15) is 0 Å². The smallest absolute Gasteiger partial charge is 0.0736 e. The predicted octanol–water partition coefficient (Wildman–Crippen LogP) is 1.52. The minimum atomic E-state index is 0.168. The third-order valence-corrected chi connectivity index (χ3v) is 4.52. The van der Waals surface area contributed by atoms with E-state index in [1.54, 1.807) is 0 Å². The minimum Gasteiger partial charge on any atom is -0.330 e. The highest BCUT2D eigenvalue weighted by Gasteiger charge is 2.63. The van der Waals surface area contributed by atoms with Gasteiger partial charge in [0, 0.05) is 17.7 Å². The second kappa shape index (κ2) is 2.64. The van der Waals surface area contributed by atoms with Gasteiger partial charge in [0.2, 0.25) is 0 Å². The van der Waals surface area contributed by atoms with Gasteiger partial charge in [0.15, 0.2) is 0 Å². The molecular weight excluding hydrogens is 186 g/mol. The molecular formula is C12H19N3. The van der Waals surface area contributed by atoms with Crippen molar-refractivity contribution in [2.24, 2.45) is 11.1 Å². The van der Waals surface area contributed by atoms with Crippen LogP contribution in [0.25, 0.3) is 0 Å². The first kappa shape index (κ1) is 9.40. The monoisotopic (exact) mass is 205 g/mol. The Kier molecular flexibility index (Phi) is 1.66. The van der Waals surface area contributed by atoms with Crippen molar-refractivity contribution in [1.82, 2.24) is 10.2 Å². The number of nitrogens with two attached hydrogens (primary N) is 1. The summed E-state index contributed by atoms with van der Waals surface area (Å²) in [6.07, 6.45) is 4.83. The number of aromatic nitrogens is 2. The zero-order valence-electron chi connectivity index (χ0n) is 9.56. The van der Waals surface area contributed by atoms with Crippen LogP contribution in [0, 0.1) is 5.41 Å². The lowest BCUT2D eigenvalue weighted by molar-refractivity contribution is 0.489. The number of hydrogen-bond donors (Lipinski definition) is 2. The van der Waals surface area contributed by atoms with Gasteiger partial charge >= 0.3 is 0 Å². The zero-order valence-corrected chi connectivity index (χ0v) is 9.56. The molecule has 0 bridgehead atoms. The highest BCUT2D eigenvalue weighted by atomic mass is 15.1. The average molecular weight is 205 g/mol. The van der Waals surface area contributed by atoms with Crippen LogP contribution in [0.4, 0.5) is 0 Å². The Labute approximate surface area is 90.4 Å². The van der Waals surface area contributed by atoms with Crippen LogP contribution in [0.5, 0.6) is 0 Å². The summed E-state index contributed by atoms with van der Waals surface area (Å²) >= 11 is 0. The average Bonchev–Trinajstić information content (AvgIpc) is 2.61.